The first kappa shape index (κ1) is 19.9. The van der Waals surface area contributed by atoms with Crippen LogP contribution in [0, 0.1) is 0 Å². The second-order valence-electron chi connectivity index (χ2n) is 7.06. The molecule has 1 aliphatic heterocycles. The van der Waals surface area contributed by atoms with Crippen molar-refractivity contribution in [1.82, 2.24) is 4.90 Å². The SMILES string of the molecule is COc1cccc(CC(=O)Nc2ccc(CC(=O)N3CCC(O)CC3)cc2)c1. The summed E-state index contributed by atoms with van der Waals surface area (Å²) >= 11 is 0. The van der Waals surface area contributed by atoms with Gasteiger partial charge >= 0.3 is 0 Å². The van der Waals surface area contributed by atoms with Crippen molar-refractivity contribution in [2.45, 2.75) is 31.8 Å². The zero-order valence-corrected chi connectivity index (χ0v) is 16.1. The first-order chi connectivity index (χ1) is 13.5. The molecule has 2 aromatic carbocycles. The van der Waals surface area contributed by atoms with E-state index in [-0.39, 0.29) is 24.3 Å². The largest absolute Gasteiger partial charge is 0.497 e. The van der Waals surface area contributed by atoms with E-state index in [9.17, 15) is 14.7 Å². The van der Waals surface area contributed by atoms with Crippen LogP contribution >= 0.6 is 0 Å². The van der Waals surface area contributed by atoms with Crippen LogP contribution in [0.3, 0.4) is 0 Å². The Hall–Kier alpha value is -2.86. The number of aliphatic hydroxyl groups is 1. The predicted molar refractivity (Wildman–Crippen MR) is 107 cm³/mol. The average molecular weight is 382 g/mol. The van der Waals surface area contributed by atoms with Crippen LogP contribution in [0.15, 0.2) is 48.5 Å². The summed E-state index contributed by atoms with van der Waals surface area (Å²) in [5.74, 6) is 0.688. The van der Waals surface area contributed by atoms with Gasteiger partial charge in [0.2, 0.25) is 11.8 Å². The lowest BCUT2D eigenvalue weighted by molar-refractivity contribution is -0.132. The summed E-state index contributed by atoms with van der Waals surface area (Å²) in [4.78, 5) is 26.4. The molecule has 0 unspecified atom stereocenters. The molecule has 1 fully saturated rings. The number of nitrogens with zero attached hydrogens (tertiary/aromatic N) is 1. The summed E-state index contributed by atoms with van der Waals surface area (Å²) in [6, 6.07) is 14.8. The van der Waals surface area contributed by atoms with E-state index in [1.165, 1.54) is 0 Å². The molecule has 28 heavy (non-hydrogen) atoms. The third-order valence-electron chi connectivity index (χ3n) is 4.91. The Morgan fingerprint density at radius 3 is 2.46 bits per heavy atom. The Bertz CT molecular complexity index is 812. The molecule has 0 spiro atoms. The van der Waals surface area contributed by atoms with Gasteiger partial charge in [-0.15, -0.1) is 0 Å². The number of benzene rings is 2. The average Bonchev–Trinajstić information content (AvgIpc) is 2.70. The Morgan fingerprint density at radius 2 is 1.79 bits per heavy atom. The fourth-order valence-electron chi connectivity index (χ4n) is 3.28. The Labute approximate surface area is 165 Å². The lowest BCUT2D eigenvalue weighted by Crippen LogP contribution is -2.40. The summed E-state index contributed by atoms with van der Waals surface area (Å²) in [7, 11) is 1.60. The number of aliphatic hydroxyl groups excluding tert-OH is 1. The summed E-state index contributed by atoms with van der Waals surface area (Å²) < 4.78 is 5.17. The fraction of sp³-hybridized carbons (Fsp3) is 0.364. The lowest BCUT2D eigenvalue weighted by atomic mass is 10.1. The molecule has 0 aliphatic carbocycles. The quantitative estimate of drug-likeness (QED) is 0.804. The van der Waals surface area contributed by atoms with Crippen LogP contribution in [0.1, 0.15) is 24.0 Å². The Kier molecular flexibility index (Phi) is 6.66. The zero-order valence-electron chi connectivity index (χ0n) is 16.1. The smallest absolute Gasteiger partial charge is 0.228 e. The number of methoxy groups -OCH3 is 1. The molecular weight excluding hydrogens is 356 g/mol. The minimum Gasteiger partial charge on any atom is -0.497 e. The molecular formula is C22H26N2O4. The van der Waals surface area contributed by atoms with Gasteiger partial charge in [-0.1, -0.05) is 24.3 Å². The van der Waals surface area contributed by atoms with Crippen molar-refractivity contribution in [1.29, 1.82) is 0 Å². The molecule has 0 radical (unpaired) electrons. The molecule has 3 rings (SSSR count). The van der Waals surface area contributed by atoms with Crippen molar-refractivity contribution in [2.75, 3.05) is 25.5 Å². The van der Waals surface area contributed by atoms with Crippen LogP contribution in [0.25, 0.3) is 0 Å². The lowest BCUT2D eigenvalue weighted by Gasteiger charge is -2.29. The molecule has 148 valence electrons. The van der Waals surface area contributed by atoms with Gasteiger partial charge in [0.25, 0.3) is 0 Å². The summed E-state index contributed by atoms with van der Waals surface area (Å²) in [6.45, 7) is 1.22. The summed E-state index contributed by atoms with van der Waals surface area (Å²) in [6.07, 6.45) is 1.59. The molecule has 1 aliphatic rings. The maximum atomic E-state index is 12.4. The Morgan fingerprint density at radius 1 is 1.07 bits per heavy atom. The number of carbonyl (C=O) groups excluding carboxylic acids is 2. The highest BCUT2D eigenvalue weighted by atomic mass is 16.5. The van der Waals surface area contributed by atoms with Crippen molar-refractivity contribution in [3.05, 3.63) is 59.7 Å². The van der Waals surface area contributed by atoms with Crippen molar-refractivity contribution >= 4 is 17.5 Å². The number of hydrogen-bond acceptors (Lipinski definition) is 4. The Balaban J connectivity index is 1.51. The van der Waals surface area contributed by atoms with Gasteiger partial charge < -0.3 is 20.1 Å². The van der Waals surface area contributed by atoms with Gasteiger partial charge in [0, 0.05) is 18.8 Å². The number of likely N-dealkylation sites (tertiary alicyclic amines) is 1. The van der Waals surface area contributed by atoms with Crippen LogP contribution in [0.2, 0.25) is 0 Å². The standard InChI is InChI=1S/C22H26N2O4/c1-28-20-4-2-3-17(13-20)14-21(26)23-18-7-5-16(6-8-18)15-22(27)24-11-9-19(25)10-12-24/h2-8,13,19,25H,9-12,14-15H2,1H3,(H,23,26). The van der Waals surface area contributed by atoms with Gasteiger partial charge in [-0.3, -0.25) is 9.59 Å². The van der Waals surface area contributed by atoms with Crippen LogP contribution in [-0.2, 0) is 22.4 Å². The second kappa shape index (κ2) is 9.37. The van der Waals surface area contributed by atoms with Crippen LogP contribution < -0.4 is 10.1 Å². The van der Waals surface area contributed by atoms with E-state index in [2.05, 4.69) is 5.32 Å². The predicted octanol–water partition coefficient (Wildman–Crippen LogP) is 2.40. The van der Waals surface area contributed by atoms with Gasteiger partial charge in [0.15, 0.2) is 0 Å². The zero-order chi connectivity index (χ0) is 19.9. The highest BCUT2D eigenvalue weighted by molar-refractivity contribution is 5.92. The molecule has 6 heteroatoms. The monoisotopic (exact) mass is 382 g/mol. The first-order valence-corrected chi connectivity index (χ1v) is 9.51. The van der Waals surface area contributed by atoms with Gasteiger partial charge in [-0.25, -0.2) is 0 Å². The molecule has 2 amide bonds. The molecule has 0 bridgehead atoms. The normalized spacial score (nSPS) is 14.6. The van der Waals surface area contributed by atoms with Crippen molar-refractivity contribution < 1.29 is 19.4 Å². The molecule has 2 aromatic rings. The van der Waals surface area contributed by atoms with Crippen LogP contribution in [-0.4, -0.2) is 48.1 Å². The number of hydrogen-bond donors (Lipinski definition) is 2. The molecule has 2 N–H and O–H groups in total. The number of piperidine rings is 1. The maximum Gasteiger partial charge on any atom is 0.228 e. The molecule has 0 saturated carbocycles. The van der Waals surface area contributed by atoms with E-state index < -0.39 is 0 Å². The third-order valence-corrected chi connectivity index (χ3v) is 4.91. The van der Waals surface area contributed by atoms with Gasteiger partial charge in [-0.2, -0.15) is 0 Å². The second-order valence-corrected chi connectivity index (χ2v) is 7.06. The molecule has 1 heterocycles. The number of anilines is 1. The van der Waals surface area contributed by atoms with Gasteiger partial charge in [0.1, 0.15) is 5.75 Å². The van der Waals surface area contributed by atoms with Gasteiger partial charge in [-0.05, 0) is 48.2 Å². The minimum absolute atomic E-state index is 0.0710. The number of carbonyl (C=O) groups is 2. The van der Waals surface area contributed by atoms with Gasteiger partial charge in [0.05, 0.1) is 26.1 Å². The molecule has 0 aromatic heterocycles. The van der Waals surface area contributed by atoms with E-state index in [1.807, 2.05) is 48.5 Å². The molecule has 1 saturated heterocycles. The number of amides is 2. The van der Waals surface area contributed by atoms with E-state index >= 15 is 0 Å². The number of ether oxygens (including phenoxy) is 1. The minimum atomic E-state index is -0.288. The molecule has 0 atom stereocenters. The number of rotatable bonds is 6. The first-order valence-electron chi connectivity index (χ1n) is 9.51. The van der Waals surface area contributed by atoms with E-state index in [0.717, 1.165) is 16.9 Å². The summed E-state index contributed by atoms with van der Waals surface area (Å²) in [5.41, 5.74) is 2.48. The van der Waals surface area contributed by atoms with Crippen molar-refractivity contribution in [3.8, 4) is 5.75 Å². The van der Waals surface area contributed by atoms with Crippen molar-refractivity contribution in [2.24, 2.45) is 0 Å². The van der Waals surface area contributed by atoms with Crippen molar-refractivity contribution in [3.63, 3.8) is 0 Å². The van der Waals surface area contributed by atoms with E-state index in [1.54, 1.807) is 12.0 Å². The highest BCUT2D eigenvalue weighted by Crippen LogP contribution is 2.16. The fourth-order valence-corrected chi connectivity index (χ4v) is 3.28. The topological polar surface area (TPSA) is 78.9 Å². The highest BCUT2D eigenvalue weighted by Gasteiger charge is 2.21. The van der Waals surface area contributed by atoms with E-state index in [0.29, 0.717) is 38.0 Å². The van der Waals surface area contributed by atoms with Crippen LogP contribution in [0.4, 0.5) is 5.69 Å². The molecule has 6 nitrogen and oxygen atoms in total. The van der Waals surface area contributed by atoms with Crippen LogP contribution in [0.5, 0.6) is 5.75 Å². The third kappa shape index (κ3) is 5.57. The number of nitrogens with one attached hydrogen (secondary N) is 1. The maximum absolute atomic E-state index is 12.4. The van der Waals surface area contributed by atoms with E-state index in [4.69, 9.17) is 4.74 Å². The summed E-state index contributed by atoms with van der Waals surface area (Å²) in [5, 5.41) is 12.4.